The summed E-state index contributed by atoms with van der Waals surface area (Å²) in [6.07, 6.45) is 2.09. The number of rotatable bonds is 5. The summed E-state index contributed by atoms with van der Waals surface area (Å²) in [7, 11) is 0. The van der Waals surface area contributed by atoms with Crippen LogP contribution in [0.15, 0.2) is 24.3 Å². The average Bonchev–Trinajstić information content (AvgIpc) is 2.35. The lowest BCUT2D eigenvalue weighted by molar-refractivity contribution is 0.0935. The number of nitrogens with one attached hydrogen (secondary N) is 1. The molecule has 0 aromatic heterocycles. The van der Waals surface area contributed by atoms with Crippen LogP contribution < -0.4 is 11.1 Å². The summed E-state index contributed by atoms with van der Waals surface area (Å²) in [5.74, 6) is -0.00928. The van der Waals surface area contributed by atoms with E-state index < -0.39 is 0 Å². The van der Waals surface area contributed by atoms with Gasteiger partial charge in [0.2, 0.25) is 0 Å². The van der Waals surface area contributed by atoms with E-state index in [1.165, 1.54) is 0 Å². The van der Waals surface area contributed by atoms with E-state index in [4.69, 9.17) is 5.73 Å². The third-order valence-electron chi connectivity index (χ3n) is 3.16. The second kappa shape index (κ2) is 8.28. The molecule has 0 aliphatic carbocycles. The molecule has 0 bridgehead atoms. The molecule has 0 saturated heterocycles. The summed E-state index contributed by atoms with van der Waals surface area (Å²) in [5.41, 5.74) is 7.58. The van der Waals surface area contributed by atoms with E-state index in [9.17, 15) is 4.79 Å². The van der Waals surface area contributed by atoms with Crippen LogP contribution in [0.3, 0.4) is 0 Å². The number of hydrogen-bond acceptors (Lipinski definition) is 2. The molecule has 1 rings (SSSR count). The molecule has 0 aliphatic rings. The number of nitrogens with two attached hydrogens (primary N) is 1. The predicted molar refractivity (Wildman–Crippen MR) is 87.2 cm³/mol. The zero-order valence-corrected chi connectivity index (χ0v) is 13.7. The Morgan fingerprint density at radius 2 is 1.80 bits per heavy atom. The molecule has 1 unspecified atom stereocenters. The Labute approximate surface area is 128 Å². The van der Waals surface area contributed by atoms with Crippen LogP contribution in [-0.4, -0.2) is 11.9 Å². The lowest BCUT2D eigenvalue weighted by atomic mass is 9.89. The van der Waals surface area contributed by atoms with Crippen molar-refractivity contribution in [3.05, 3.63) is 35.4 Å². The van der Waals surface area contributed by atoms with Gasteiger partial charge in [0.05, 0.1) is 0 Å². The summed E-state index contributed by atoms with van der Waals surface area (Å²) < 4.78 is 0. The van der Waals surface area contributed by atoms with E-state index in [2.05, 4.69) is 33.0 Å². The predicted octanol–water partition coefficient (Wildman–Crippen LogP) is 3.51. The van der Waals surface area contributed by atoms with Crippen LogP contribution in [0.1, 0.15) is 56.5 Å². The summed E-state index contributed by atoms with van der Waals surface area (Å²) >= 11 is 0. The monoisotopic (exact) mass is 298 g/mol. The van der Waals surface area contributed by atoms with Crippen LogP contribution in [0.4, 0.5) is 0 Å². The van der Waals surface area contributed by atoms with Crippen molar-refractivity contribution in [1.82, 2.24) is 5.32 Å². The van der Waals surface area contributed by atoms with Crippen molar-refractivity contribution in [1.29, 1.82) is 0 Å². The average molecular weight is 299 g/mol. The molecular formula is C16H27ClN2O. The maximum atomic E-state index is 12.0. The number of amides is 1. The van der Waals surface area contributed by atoms with Gasteiger partial charge in [-0.3, -0.25) is 4.79 Å². The number of carbonyl (C=O) groups is 1. The van der Waals surface area contributed by atoms with Crippen molar-refractivity contribution in [3.8, 4) is 0 Å². The Bertz CT molecular complexity index is 409. The van der Waals surface area contributed by atoms with E-state index in [-0.39, 0.29) is 24.4 Å². The van der Waals surface area contributed by atoms with Gasteiger partial charge in [-0.05, 0) is 42.9 Å². The van der Waals surface area contributed by atoms with Crippen LogP contribution >= 0.6 is 12.4 Å². The van der Waals surface area contributed by atoms with Crippen LogP contribution in [0.5, 0.6) is 0 Å². The third-order valence-corrected chi connectivity index (χ3v) is 3.16. The Morgan fingerprint density at radius 3 is 2.25 bits per heavy atom. The van der Waals surface area contributed by atoms with Gasteiger partial charge in [0.15, 0.2) is 0 Å². The van der Waals surface area contributed by atoms with Crippen LogP contribution in [0, 0.1) is 5.41 Å². The number of hydrogen-bond donors (Lipinski definition) is 2. The maximum absolute atomic E-state index is 12.0. The molecule has 3 N–H and O–H groups in total. The molecule has 114 valence electrons. The SMILES string of the molecule is CC(CCC(C)(C)C)NC(=O)c1ccc(CN)cc1.Cl. The molecule has 1 atom stereocenters. The Morgan fingerprint density at radius 1 is 1.25 bits per heavy atom. The highest BCUT2D eigenvalue weighted by molar-refractivity contribution is 5.94. The topological polar surface area (TPSA) is 55.1 Å². The van der Waals surface area contributed by atoms with Crippen molar-refractivity contribution in [2.45, 2.75) is 53.1 Å². The van der Waals surface area contributed by atoms with Gasteiger partial charge in [-0.1, -0.05) is 32.9 Å². The van der Waals surface area contributed by atoms with E-state index in [0.29, 0.717) is 17.5 Å². The third kappa shape index (κ3) is 6.92. The Hall–Kier alpha value is -1.06. The van der Waals surface area contributed by atoms with Crippen molar-refractivity contribution in [2.75, 3.05) is 0 Å². The van der Waals surface area contributed by atoms with Crippen LogP contribution in [-0.2, 0) is 6.54 Å². The summed E-state index contributed by atoms with van der Waals surface area (Å²) in [6, 6.07) is 7.65. The van der Waals surface area contributed by atoms with Crippen LogP contribution in [0.25, 0.3) is 0 Å². The van der Waals surface area contributed by atoms with Crippen molar-refractivity contribution < 1.29 is 4.79 Å². The first-order valence-corrected chi connectivity index (χ1v) is 6.92. The highest BCUT2D eigenvalue weighted by Gasteiger charge is 2.14. The molecule has 0 spiro atoms. The largest absolute Gasteiger partial charge is 0.350 e. The second-order valence-corrected chi connectivity index (χ2v) is 6.37. The van der Waals surface area contributed by atoms with E-state index in [0.717, 1.165) is 18.4 Å². The standard InChI is InChI=1S/C16H26N2O.ClH/c1-12(9-10-16(2,3)4)18-15(19)14-7-5-13(11-17)6-8-14;/h5-8,12H,9-11,17H2,1-4H3,(H,18,19);1H. The van der Waals surface area contributed by atoms with Gasteiger partial charge in [-0.2, -0.15) is 0 Å². The first-order valence-electron chi connectivity index (χ1n) is 6.92. The Balaban J connectivity index is 0.00000361. The highest BCUT2D eigenvalue weighted by atomic mass is 35.5. The molecule has 0 radical (unpaired) electrons. The molecule has 20 heavy (non-hydrogen) atoms. The van der Waals surface area contributed by atoms with Gasteiger partial charge >= 0.3 is 0 Å². The lowest BCUT2D eigenvalue weighted by Crippen LogP contribution is -2.33. The highest BCUT2D eigenvalue weighted by Crippen LogP contribution is 2.21. The van der Waals surface area contributed by atoms with E-state index in [1.807, 2.05) is 24.3 Å². The fraction of sp³-hybridized carbons (Fsp3) is 0.562. The molecule has 0 saturated carbocycles. The van der Waals surface area contributed by atoms with Crippen LogP contribution in [0.2, 0.25) is 0 Å². The van der Waals surface area contributed by atoms with Crippen molar-refractivity contribution >= 4 is 18.3 Å². The smallest absolute Gasteiger partial charge is 0.251 e. The Kier molecular flexibility index (Phi) is 7.84. The van der Waals surface area contributed by atoms with Crippen molar-refractivity contribution in [3.63, 3.8) is 0 Å². The minimum Gasteiger partial charge on any atom is -0.350 e. The van der Waals surface area contributed by atoms with E-state index >= 15 is 0 Å². The zero-order valence-electron chi connectivity index (χ0n) is 12.9. The first kappa shape index (κ1) is 18.9. The quantitative estimate of drug-likeness (QED) is 0.874. The molecule has 1 aromatic rings. The molecule has 1 aromatic carbocycles. The fourth-order valence-electron chi connectivity index (χ4n) is 1.82. The van der Waals surface area contributed by atoms with E-state index in [1.54, 1.807) is 0 Å². The number of benzene rings is 1. The molecule has 3 nitrogen and oxygen atoms in total. The van der Waals surface area contributed by atoms with Gasteiger partial charge < -0.3 is 11.1 Å². The molecule has 0 heterocycles. The molecule has 4 heteroatoms. The number of carbonyl (C=O) groups excluding carboxylic acids is 1. The number of halogens is 1. The molecule has 0 fully saturated rings. The van der Waals surface area contributed by atoms with Crippen molar-refractivity contribution in [2.24, 2.45) is 11.1 Å². The first-order chi connectivity index (χ1) is 8.81. The maximum Gasteiger partial charge on any atom is 0.251 e. The summed E-state index contributed by atoms with van der Waals surface area (Å²) in [4.78, 5) is 12.0. The molecular weight excluding hydrogens is 272 g/mol. The molecule has 0 aliphatic heterocycles. The van der Waals surface area contributed by atoms with Gasteiger partial charge in [0, 0.05) is 18.2 Å². The minimum absolute atomic E-state index is 0. The summed E-state index contributed by atoms with van der Waals surface area (Å²) in [5, 5.41) is 3.04. The van der Waals surface area contributed by atoms with Gasteiger partial charge in [0.25, 0.3) is 5.91 Å². The van der Waals surface area contributed by atoms with Gasteiger partial charge in [-0.25, -0.2) is 0 Å². The normalized spacial score (nSPS) is 12.4. The van der Waals surface area contributed by atoms with Gasteiger partial charge in [-0.15, -0.1) is 12.4 Å². The van der Waals surface area contributed by atoms with Gasteiger partial charge in [0.1, 0.15) is 0 Å². The lowest BCUT2D eigenvalue weighted by Gasteiger charge is -2.21. The second-order valence-electron chi connectivity index (χ2n) is 6.37. The molecule has 1 amide bonds. The summed E-state index contributed by atoms with van der Waals surface area (Å²) in [6.45, 7) is 9.20. The fourth-order valence-corrected chi connectivity index (χ4v) is 1.82. The zero-order chi connectivity index (χ0) is 14.5. The minimum atomic E-state index is -0.00928.